The summed E-state index contributed by atoms with van der Waals surface area (Å²) in [4.78, 5) is 6.57. The number of rotatable bonds is 1. The van der Waals surface area contributed by atoms with Gasteiger partial charge in [-0.25, -0.2) is 4.98 Å². The normalized spacial score (nSPS) is 25.2. The highest BCUT2D eigenvalue weighted by molar-refractivity contribution is 5.42. The molecule has 1 aliphatic rings. The SMILES string of the molecule is CC1CN(c2ccc(C#N)cn2)CC(C)N1. The minimum atomic E-state index is 0.473. The van der Waals surface area contributed by atoms with Gasteiger partial charge in [0.25, 0.3) is 0 Å². The minimum absolute atomic E-state index is 0.473. The second kappa shape index (κ2) is 4.50. The van der Waals surface area contributed by atoms with Crippen LogP contribution in [-0.4, -0.2) is 30.2 Å². The molecule has 0 bridgehead atoms. The van der Waals surface area contributed by atoms with Crippen molar-refractivity contribution >= 4 is 5.82 Å². The van der Waals surface area contributed by atoms with E-state index in [4.69, 9.17) is 5.26 Å². The van der Waals surface area contributed by atoms with Crippen LogP contribution in [0.1, 0.15) is 19.4 Å². The Balaban J connectivity index is 2.14. The van der Waals surface area contributed by atoms with Crippen LogP contribution in [0, 0.1) is 11.3 Å². The van der Waals surface area contributed by atoms with Gasteiger partial charge >= 0.3 is 0 Å². The van der Waals surface area contributed by atoms with Gasteiger partial charge in [0, 0.05) is 31.4 Å². The summed E-state index contributed by atoms with van der Waals surface area (Å²) >= 11 is 0. The zero-order valence-electron chi connectivity index (χ0n) is 9.64. The van der Waals surface area contributed by atoms with Gasteiger partial charge < -0.3 is 10.2 Å². The molecule has 0 spiro atoms. The lowest BCUT2D eigenvalue weighted by atomic mass is 10.1. The lowest BCUT2D eigenvalue weighted by Crippen LogP contribution is -2.54. The van der Waals surface area contributed by atoms with Crippen LogP contribution < -0.4 is 10.2 Å². The van der Waals surface area contributed by atoms with Gasteiger partial charge in [-0.1, -0.05) is 0 Å². The van der Waals surface area contributed by atoms with Crippen molar-refractivity contribution in [3.63, 3.8) is 0 Å². The third-order valence-electron chi connectivity index (χ3n) is 2.76. The molecule has 1 fully saturated rings. The van der Waals surface area contributed by atoms with Gasteiger partial charge in [0.2, 0.25) is 0 Å². The fourth-order valence-corrected chi connectivity index (χ4v) is 2.15. The molecule has 0 aliphatic carbocycles. The van der Waals surface area contributed by atoms with Crippen molar-refractivity contribution in [3.05, 3.63) is 23.9 Å². The van der Waals surface area contributed by atoms with Crippen LogP contribution in [0.3, 0.4) is 0 Å². The number of aromatic nitrogens is 1. The Morgan fingerprint density at radius 3 is 2.56 bits per heavy atom. The largest absolute Gasteiger partial charge is 0.354 e. The quantitative estimate of drug-likeness (QED) is 0.765. The van der Waals surface area contributed by atoms with Crippen LogP contribution in [-0.2, 0) is 0 Å². The van der Waals surface area contributed by atoms with Crippen LogP contribution in [0.2, 0.25) is 0 Å². The number of nitrogens with zero attached hydrogens (tertiary/aromatic N) is 3. The first-order valence-electron chi connectivity index (χ1n) is 5.56. The molecule has 0 saturated carbocycles. The summed E-state index contributed by atoms with van der Waals surface area (Å²) in [6, 6.07) is 6.77. The molecule has 2 rings (SSSR count). The molecular formula is C12H16N4. The zero-order valence-corrected chi connectivity index (χ0v) is 9.64. The molecule has 0 amide bonds. The van der Waals surface area contributed by atoms with E-state index in [-0.39, 0.29) is 0 Å². The van der Waals surface area contributed by atoms with Gasteiger partial charge in [0.05, 0.1) is 5.56 Å². The number of nitrogens with one attached hydrogen (secondary N) is 1. The van der Waals surface area contributed by atoms with E-state index >= 15 is 0 Å². The fourth-order valence-electron chi connectivity index (χ4n) is 2.15. The Hall–Kier alpha value is -1.60. The van der Waals surface area contributed by atoms with Crippen LogP contribution in [0.25, 0.3) is 0 Å². The molecule has 2 unspecified atom stereocenters. The molecule has 0 radical (unpaired) electrons. The highest BCUT2D eigenvalue weighted by Gasteiger charge is 2.21. The van der Waals surface area contributed by atoms with Crippen molar-refractivity contribution < 1.29 is 0 Å². The highest BCUT2D eigenvalue weighted by atomic mass is 15.2. The monoisotopic (exact) mass is 216 g/mol. The molecular weight excluding hydrogens is 200 g/mol. The van der Waals surface area contributed by atoms with E-state index in [0.29, 0.717) is 17.6 Å². The van der Waals surface area contributed by atoms with Crippen molar-refractivity contribution in [1.29, 1.82) is 5.26 Å². The molecule has 1 aromatic heterocycles. The highest BCUT2D eigenvalue weighted by Crippen LogP contribution is 2.15. The van der Waals surface area contributed by atoms with Crippen molar-refractivity contribution in [2.45, 2.75) is 25.9 Å². The van der Waals surface area contributed by atoms with Gasteiger partial charge in [0.15, 0.2) is 0 Å². The Kier molecular flexibility index (Phi) is 3.07. The summed E-state index contributed by atoms with van der Waals surface area (Å²) in [6.45, 7) is 6.27. The third kappa shape index (κ3) is 2.31. The summed E-state index contributed by atoms with van der Waals surface area (Å²) in [5.74, 6) is 0.958. The van der Waals surface area contributed by atoms with E-state index < -0.39 is 0 Å². The topological polar surface area (TPSA) is 52.0 Å². The average molecular weight is 216 g/mol. The number of hydrogen-bond acceptors (Lipinski definition) is 4. The zero-order chi connectivity index (χ0) is 11.5. The molecule has 4 heteroatoms. The van der Waals surface area contributed by atoms with Crippen LogP contribution in [0.4, 0.5) is 5.82 Å². The smallest absolute Gasteiger partial charge is 0.128 e. The van der Waals surface area contributed by atoms with Gasteiger partial charge in [-0.3, -0.25) is 0 Å². The number of nitriles is 1. The molecule has 1 aliphatic heterocycles. The molecule has 1 aromatic rings. The Morgan fingerprint density at radius 2 is 2.06 bits per heavy atom. The van der Waals surface area contributed by atoms with E-state index in [9.17, 15) is 0 Å². The number of pyridine rings is 1. The van der Waals surface area contributed by atoms with Crippen LogP contribution in [0.15, 0.2) is 18.3 Å². The average Bonchev–Trinajstić information content (AvgIpc) is 2.28. The summed E-state index contributed by atoms with van der Waals surface area (Å²) < 4.78 is 0. The van der Waals surface area contributed by atoms with Gasteiger partial charge in [-0.15, -0.1) is 0 Å². The lowest BCUT2D eigenvalue weighted by molar-refractivity contribution is 0.405. The van der Waals surface area contributed by atoms with Gasteiger partial charge in [-0.05, 0) is 26.0 Å². The van der Waals surface area contributed by atoms with E-state index in [2.05, 4.69) is 35.1 Å². The Bertz CT molecular complexity index is 382. The molecule has 1 saturated heterocycles. The second-order valence-corrected chi connectivity index (χ2v) is 4.39. The van der Waals surface area contributed by atoms with Crippen molar-refractivity contribution in [1.82, 2.24) is 10.3 Å². The first-order chi connectivity index (χ1) is 7.69. The van der Waals surface area contributed by atoms with Gasteiger partial charge in [0.1, 0.15) is 11.9 Å². The van der Waals surface area contributed by atoms with Crippen molar-refractivity contribution in [3.8, 4) is 6.07 Å². The first-order valence-corrected chi connectivity index (χ1v) is 5.56. The molecule has 16 heavy (non-hydrogen) atoms. The lowest BCUT2D eigenvalue weighted by Gasteiger charge is -2.36. The maximum atomic E-state index is 8.71. The van der Waals surface area contributed by atoms with Crippen LogP contribution >= 0.6 is 0 Å². The maximum Gasteiger partial charge on any atom is 0.128 e. The van der Waals surface area contributed by atoms with Crippen molar-refractivity contribution in [2.24, 2.45) is 0 Å². The molecule has 4 nitrogen and oxygen atoms in total. The van der Waals surface area contributed by atoms with E-state index in [0.717, 1.165) is 18.9 Å². The number of piperazine rings is 1. The Labute approximate surface area is 95.9 Å². The summed E-state index contributed by atoms with van der Waals surface area (Å²) in [5.41, 5.74) is 0.611. The summed E-state index contributed by atoms with van der Waals surface area (Å²) in [6.07, 6.45) is 1.63. The van der Waals surface area contributed by atoms with Crippen LogP contribution in [0.5, 0.6) is 0 Å². The standard InChI is InChI=1S/C12H16N4/c1-9-7-16(8-10(2)15-9)12-4-3-11(5-13)6-14-12/h3-4,6,9-10,15H,7-8H2,1-2H3. The van der Waals surface area contributed by atoms with E-state index in [1.807, 2.05) is 12.1 Å². The second-order valence-electron chi connectivity index (χ2n) is 4.39. The number of hydrogen-bond donors (Lipinski definition) is 1. The third-order valence-corrected chi connectivity index (χ3v) is 2.76. The molecule has 1 N–H and O–H groups in total. The Morgan fingerprint density at radius 1 is 1.38 bits per heavy atom. The van der Waals surface area contributed by atoms with E-state index in [1.54, 1.807) is 6.20 Å². The van der Waals surface area contributed by atoms with E-state index in [1.165, 1.54) is 0 Å². The predicted molar refractivity (Wildman–Crippen MR) is 63.2 cm³/mol. The molecule has 84 valence electrons. The minimum Gasteiger partial charge on any atom is -0.354 e. The molecule has 0 aromatic carbocycles. The summed E-state index contributed by atoms with van der Waals surface area (Å²) in [5, 5.41) is 12.2. The molecule has 2 atom stereocenters. The first kappa shape index (κ1) is 10.9. The maximum absolute atomic E-state index is 8.71. The van der Waals surface area contributed by atoms with Gasteiger partial charge in [-0.2, -0.15) is 5.26 Å². The molecule has 2 heterocycles. The predicted octanol–water partition coefficient (Wildman–Crippen LogP) is 1.14. The number of anilines is 1. The summed E-state index contributed by atoms with van der Waals surface area (Å²) in [7, 11) is 0. The fraction of sp³-hybridized carbons (Fsp3) is 0.500. The van der Waals surface area contributed by atoms with Crippen molar-refractivity contribution in [2.75, 3.05) is 18.0 Å².